The zero-order valence-corrected chi connectivity index (χ0v) is 12.4. The zero-order chi connectivity index (χ0) is 16.2. The van der Waals surface area contributed by atoms with Gasteiger partial charge in [0.05, 0.1) is 17.8 Å². The Labute approximate surface area is 132 Å². The lowest BCUT2D eigenvalue weighted by Crippen LogP contribution is -2.05. The highest BCUT2D eigenvalue weighted by atomic mass is 19.1. The molecule has 0 aliphatic carbocycles. The SMILES string of the molecule is Cc1cnn(-c2cc(C#N)ccn2)c1OCc1ccc(F)cc1. The summed E-state index contributed by atoms with van der Waals surface area (Å²) < 4.78 is 20.3. The van der Waals surface area contributed by atoms with Gasteiger partial charge in [-0.25, -0.2) is 9.37 Å². The van der Waals surface area contributed by atoms with Crippen molar-refractivity contribution >= 4 is 0 Å². The van der Waals surface area contributed by atoms with E-state index in [-0.39, 0.29) is 12.4 Å². The molecule has 0 saturated carbocycles. The zero-order valence-electron chi connectivity index (χ0n) is 12.4. The predicted octanol–water partition coefficient (Wildman–Crippen LogP) is 3.17. The van der Waals surface area contributed by atoms with Crippen molar-refractivity contribution in [1.82, 2.24) is 14.8 Å². The Hall–Kier alpha value is -3.20. The molecule has 3 rings (SSSR count). The van der Waals surface area contributed by atoms with Crippen LogP contribution in [0, 0.1) is 24.1 Å². The molecule has 0 amide bonds. The second-order valence-corrected chi connectivity index (χ2v) is 4.97. The average molecular weight is 308 g/mol. The summed E-state index contributed by atoms with van der Waals surface area (Å²) in [5.74, 6) is 0.760. The van der Waals surface area contributed by atoms with Gasteiger partial charge in [-0.1, -0.05) is 12.1 Å². The van der Waals surface area contributed by atoms with Gasteiger partial charge in [0.25, 0.3) is 0 Å². The Morgan fingerprint density at radius 3 is 2.78 bits per heavy atom. The molecule has 5 nitrogen and oxygen atoms in total. The number of aromatic nitrogens is 3. The van der Waals surface area contributed by atoms with E-state index in [2.05, 4.69) is 16.2 Å². The third kappa shape index (κ3) is 3.19. The van der Waals surface area contributed by atoms with Gasteiger partial charge in [-0.3, -0.25) is 0 Å². The molecule has 0 aliphatic rings. The van der Waals surface area contributed by atoms with Gasteiger partial charge in [0.2, 0.25) is 5.88 Å². The van der Waals surface area contributed by atoms with Crippen LogP contribution in [-0.4, -0.2) is 14.8 Å². The first-order chi connectivity index (χ1) is 11.2. The van der Waals surface area contributed by atoms with Gasteiger partial charge in [0.1, 0.15) is 12.4 Å². The third-order valence-electron chi connectivity index (χ3n) is 3.28. The van der Waals surface area contributed by atoms with Gasteiger partial charge in [0.15, 0.2) is 5.82 Å². The number of nitrogens with zero attached hydrogens (tertiary/aromatic N) is 4. The van der Waals surface area contributed by atoms with Crippen molar-refractivity contribution < 1.29 is 9.13 Å². The highest BCUT2D eigenvalue weighted by molar-refractivity contribution is 5.39. The molecule has 2 aromatic heterocycles. The van der Waals surface area contributed by atoms with E-state index in [9.17, 15) is 4.39 Å². The van der Waals surface area contributed by atoms with Gasteiger partial charge < -0.3 is 4.74 Å². The van der Waals surface area contributed by atoms with Crippen molar-refractivity contribution in [3.8, 4) is 17.8 Å². The van der Waals surface area contributed by atoms with E-state index in [4.69, 9.17) is 10.00 Å². The molecule has 23 heavy (non-hydrogen) atoms. The van der Waals surface area contributed by atoms with Crippen LogP contribution in [0.2, 0.25) is 0 Å². The first-order valence-electron chi connectivity index (χ1n) is 6.96. The van der Waals surface area contributed by atoms with Crippen LogP contribution in [0.15, 0.2) is 48.8 Å². The second-order valence-electron chi connectivity index (χ2n) is 4.97. The molecule has 0 fully saturated rings. The molecular weight excluding hydrogens is 295 g/mol. The summed E-state index contributed by atoms with van der Waals surface area (Å²) in [5.41, 5.74) is 2.18. The van der Waals surface area contributed by atoms with Gasteiger partial charge in [-0.2, -0.15) is 15.0 Å². The summed E-state index contributed by atoms with van der Waals surface area (Å²) in [7, 11) is 0. The lowest BCUT2D eigenvalue weighted by Gasteiger charge is -2.10. The van der Waals surface area contributed by atoms with Crippen molar-refractivity contribution in [3.63, 3.8) is 0 Å². The number of nitriles is 1. The molecule has 0 aliphatic heterocycles. The van der Waals surface area contributed by atoms with E-state index in [1.165, 1.54) is 12.1 Å². The molecule has 0 N–H and O–H groups in total. The summed E-state index contributed by atoms with van der Waals surface area (Å²) in [6.45, 7) is 2.16. The maximum atomic E-state index is 12.9. The third-order valence-corrected chi connectivity index (χ3v) is 3.28. The molecule has 2 heterocycles. The smallest absolute Gasteiger partial charge is 0.221 e. The molecule has 114 valence electrons. The number of ether oxygens (including phenoxy) is 1. The van der Waals surface area contributed by atoms with Crippen molar-refractivity contribution in [2.45, 2.75) is 13.5 Å². The van der Waals surface area contributed by atoms with Crippen molar-refractivity contribution in [2.24, 2.45) is 0 Å². The Balaban J connectivity index is 1.86. The van der Waals surface area contributed by atoms with Crippen LogP contribution in [0.3, 0.4) is 0 Å². The normalized spacial score (nSPS) is 10.3. The fourth-order valence-corrected chi connectivity index (χ4v) is 2.09. The molecule has 6 heteroatoms. The molecule has 0 unspecified atom stereocenters. The summed E-state index contributed by atoms with van der Waals surface area (Å²) in [6.07, 6.45) is 3.22. The van der Waals surface area contributed by atoms with Crippen LogP contribution in [0.5, 0.6) is 5.88 Å². The van der Waals surface area contributed by atoms with Crippen molar-refractivity contribution in [3.05, 3.63) is 71.3 Å². The Morgan fingerprint density at radius 2 is 2.04 bits per heavy atom. The highest BCUT2D eigenvalue weighted by Crippen LogP contribution is 2.22. The molecule has 3 aromatic rings. The van der Waals surface area contributed by atoms with Crippen LogP contribution in [0.25, 0.3) is 5.82 Å². The average Bonchev–Trinajstić information content (AvgIpc) is 2.95. The van der Waals surface area contributed by atoms with E-state index in [0.717, 1.165) is 11.1 Å². The first kappa shape index (κ1) is 14.7. The standard InChI is InChI=1S/C17H13FN4O/c1-12-10-21-22(16-8-14(9-19)6-7-20-16)17(12)23-11-13-2-4-15(18)5-3-13/h2-8,10H,11H2,1H3. The lowest BCUT2D eigenvalue weighted by atomic mass is 10.2. The van der Waals surface area contributed by atoms with E-state index < -0.39 is 0 Å². The van der Waals surface area contributed by atoms with Gasteiger partial charge in [0, 0.05) is 17.8 Å². The minimum absolute atomic E-state index is 0.282. The predicted molar refractivity (Wildman–Crippen MR) is 81.5 cm³/mol. The van der Waals surface area contributed by atoms with Crippen molar-refractivity contribution in [1.29, 1.82) is 5.26 Å². The second kappa shape index (κ2) is 6.28. The van der Waals surface area contributed by atoms with Crippen LogP contribution in [-0.2, 0) is 6.61 Å². The summed E-state index contributed by atoms with van der Waals surface area (Å²) >= 11 is 0. The fourth-order valence-electron chi connectivity index (χ4n) is 2.09. The first-order valence-corrected chi connectivity index (χ1v) is 6.96. The molecule has 0 bridgehead atoms. The fraction of sp³-hybridized carbons (Fsp3) is 0.118. The molecule has 0 atom stereocenters. The van der Waals surface area contributed by atoms with E-state index >= 15 is 0 Å². The molecule has 1 aromatic carbocycles. The maximum absolute atomic E-state index is 12.9. The number of hydrogen-bond acceptors (Lipinski definition) is 4. The number of aryl methyl sites for hydroxylation is 1. The van der Waals surface area contributed by atoms with E-state index in [0.29, 0.717) is 17.3 Å². The van der Waals surface area contributed by atoms with E-state index in [1.54, 1.807) is 41.3 Å². The molecular formula is C17H13FN4O. The molecule has 0 spiro atoms. The Morgan fingerprint density at radius 1 is 1.26 bits per heavy atom. The number of pyridine rings is 1. The van der Waals surface area contributed by atoms with Crippen LogP contribution in [0.1, 0.15) is 16.7 Å². The lowest BCUT2D eigenvalue weighted by molar-refractivity contribution is 0.282. The molecule has 0 saturated heterocycles. The Bertz CT molecular complexity index is 865. The van der Waals surface area contributed by atoms with Crippen LogP contribution < -0.4 is 4.74 Å². The van der Waals surface area contributed by atoms with Crippen LogP contribution >= 0.6 is 0 Å². The highest BCUT2D eigenvalue weighted by Gasteiger charge is 2.12. The number of hydrogen-bond donors (Lipinski definition) is 0. The Kier molecular flexibility index (Phi) is 4.02. The minimum atomic E-state index is -0.285. The van der Waals surface area contributed by atoms with Crippen LogP contribution in [0.4, 0.5) is 4.39 Å². The summed E-state index contributed by atoms with van der Waals surface area (Å²) in [6, 6.07) is 11.4. The quantitative estimate of drug-likeness (QED) is 0.742. The van der Waals surface area contributed by atoms with Gasteiger partial charge >= 0.3 is 0 Å². The van der Waals surface area contributed by atoms with Crippen molar-refractivity contribution in [2.75, 3.05) is 0 Å². The number of halogens is 1. The number of benzene rings is 1. The minimum Gasteiger partial charge on any atom is -0.472 e. The van der Waals surface area contributed by atoms with Gasteiger partial charge in [-0.15, -0.1) is 0 Å². The summed E-state index contributed by atoms with van der Waals surface area (Å²) in [5, 5.41) is 13.2. The topological polar surface area (TPSA) is 63.7 Å². The summed E-state index contributed by atoms with van der Waals surface area (Å²) in [4.78, 5) is 4.22. The van der Waals surface area contributed by atoms with Gasteiger partial charge in [-0.05, 0) is 30.7 Å². The maximum Gasteiger partial charge on any atom is 0.221 e. The largest absolute Gasteiger partial charge is 0.472 e. The molecule has 0 radical (unpaired) electrons. The monoisotopic (exact) mass is 308 g/mol. The van der Waals surface area contributed by atoms with E-state index in [1.807, 2.05) is 6.92 Å². The number of rotatable bonds is 4.